The summed E-state index contributed by atoms with van der Waals surface area (Å²) < 4.78 is 9.63. The quantitative estimate of drug-likeness (QED) is 0.331. The van der Waals surface area contributed by atoms with Gasteiger partial charge < -0.3 is 9.47 Å². The van der Waals surface area contributed by atoms with Crippen LogP contribution in [0.25, 0.3) is 0 Å². The molecule has 0 fully saturated rings. The van der Waals surface area contributed by atoms with Crippen LogP contribution in [0.1, 0.15) is 19.8 Å². The second kappa shape index (κ2) is 7.21. The Morgan fingerprint density at radius 3 is 2.39 bits per heavy atom. The SMILES string of the molecule is CC(=O)C(=O)OCCCC(=O)Oc1ccccc1. The largest absolute Gasteiger partial charge is 0.460 e. The molecule has 0 aromatic heterocycles. The molecule has 0 aliphatic carbocycles. The third-order valence-electron chi connectivity index (χ3n) is 2.02. The second-order valence-electron chi connectivity index (χ2n) is 3.58. The van der Waals surface area contributed by atoms with Gasteiger partial charge in [-0.25, -0.2) is 4.79 Å². The average Bonchev–Trinajstić information content (AvgIpc) is 2.35. The molecular formula is C13H14O5. The molecule has 0 atom stereocenters. The van der Waals surface area contributed by atoms with Gasteiger partial charge in [-0.1, -0.05) is 18.2 Å². The van der Waals surface area contributed by atoms with Crippen LogP contribution in [0.3, 0.4) is 0 Å². The summed E-state index contributed by atoms with van der Waals surface area (Å²) in [6.07, 6.45) is 0.449. The maximum absolute atomic E-state index is 11.4. The van der Waals surface area contributed by atoms with E-state index in [1.54, 1.807) is 24.3 Å². The number of carbonyl (C=O) groups excluding carboxylic acids is 3. The number of ether oxygens (including phenoxy) is 2. The van der Waals surface area contributed by atoms with E-state index >= 15 is 0 Å². The summed E-state index contributed by atoms with van der Waals surface area (Å²) in [5, 5.41) is 0. The van der Waals surface area contributed by atoms with E-state index in [4.69, 9.17) is 4.74 Å². The fraction of sp³-hybridized carbons (Fsp3) is 0.308. The molecule has 0 aliphatic rings. The van der Waals surface area contributed by atoms with E-state index in [0.29, 0.717) is 12.2 Å². The van der Waals surface area contributed by atoms with Gasteiger partial charge in [-0.2, -0.15) is 0 Å². The molecule has 96 valence electrons. The van der Waals surface area contributed by atoms with Crippen molar-refractivity contribution in [1.29, 1.82) is 0 Å². The standard InChI is InChI=1S/C13H14O5/c1-10(14)13(16)17-9-5-8-12(15)18-11-6-3-2-4-7-11/h2-4,6-7H,5,8-9H2,1H3. The van der Waals surface area contributed by atoms with E-state index in [2.05, 4.69) is 4.74 Å². The molecule has 0 spiro atoms. The number of benzene rings is 1. The summed E-state index contributed by atoms with van der Waals surface area (Å²) in [4.78, 5) is 32.7. The first-order valence-corrected chi connectivity index (χ1v) is 5.53. The van der Waals surface area contributed by atoms with Crippen molar-refractivity contribution >= 4 is 17.7 Å². The van der Waals surface area contributed by atoms with Crippen LogP contribution in [0.4, 0.5) is 0 Å². The van der Waals surface area contributed by atoms with Crippen LogP contribution in [-0.2, 0) is 19.1 Å². The minimum absolute atomic E-state index is 0.0301. The molecule has 5 heteroatoms. The molecule has 0 saturated carbocycles. The van der Waals surface area contributed by atoms with Crippen LogP contribution in [0, 0.1) is 0 Å². The summed E-state index contributed by atoms with van der Waals surface area (Å²) >= 11 is 0. The molecule has 0 heterocycles. The zero-order valence-electron chi connectivity index (χ0n) is 10.0. The van der Waals surface area contributed by atoms with E-state index in [9.17, 15) is 14.4 Å². The normalized spacial score (nSPS) is 9.61. The van der Waals surface area contributed by atoms with Crippen molar-refractivity contribution in [3.8, 4) is 5.75 Å². The van der Waals surface area contributed by atoms with Crippen molar-refractivity contribution in [2.75, 3.05) is 6.61 Å². The van der Waals surface area contributed by atoms with Gasteiger partial charge >= 0.3 is 11.9 Å². The van der Waals surface area contributed by atoms with Gasteiger partial charge in [-0.15, -0.1) is 0 Å². The van der Waals surface area contributed by atoms with Crippen molar-refractivity contribution in [3.63, 3.8) is 0 Å². The number of hydrogen-bond acceptors (Lipinski definition) is 5. The molecule has 0 bridgehead atoms. The lowest BCUT2D eigenvalue weighted by atomic mass is 10.3. The molecule has 0 unspecified atom stereocenters. The lowest BCUT2D eigenvalue weighted by Crippen LogP contribution is -2.15. The van der Waals surface area contributed by atoms with E-state index < -0.39 is 17.7 Å². The Morgan fingerprint density at radius 2 is 1.78 bits per heavy atom. The van der Waals surface area contributed by atoms with Gasteiger partial charge in [0.15, 0.2) is 0 Å². The van der Waals surface area contributed by atoms with Gasteiger partial charge in [0.25, 0.3) is 0 Å². The minimum atomic E-state index is -0.883. The van der Waals surface area contributed by atoms with Crippen molar-refractivity contribution in [3.05, 3.63) is 30.3 Å². The Labute approximate surface area is 105 Å². The Hall–Kier alpha value is -2.17. The maximum atomic E-state index is 11.4. The van der Waals surface area contributed by atoms with Gasteiger partial charge in [0.05, 0.1) is 6.61 Å². The van der Waals surface area contributed by atoms with Crippen molar-refractivity contribution in [1.82, 2.24) is 0 Å². The number of hydrogen-bond donors (Lipinski definition) is 0. The highest BCUT2D eigenvalue weighted by Crippen LogP contribution is 2.09. The minimum Gasteiger partial charge on any atom is -0.460 e. The summed E-state index contributed by atoms with van der Waals surface area (Å²) in [6.45, 7) is 1.16. The summed E-state index contributed by atoms with van der Waals surface area (Å²) in [5.41, 5.74) is 0. The first-order chi connectivity index (χ1) is 8.59. The first-order valence-electron chi connectivity index (χ1n) is 5.53. The van der Waals surface area contributed by atoms with Gasteiger partial charge in [-0.05, 0) is 18.6 Å². The third kappa shape index (κ3) is 5.25. The number of Topliss-reactive ketones (excluding diaryl/α,β-unsaturated/α-hetero) is 1. The van der Waals surface area contributed by atoms with Crippen molar-refractivity contribution in [2.45, 2.75) is 19.8 Å². The van der Waals surface area contributed by atoms with Gasteiger partial charge in [0.2, 0.25) is 5.78 Å². The summed E-state index contributed by atoms with van der Waals surface area (Å²) in [6, 6.07) is 8.69. The predicted molar refractivity (Wildman–Crippen MR) is 63.0 cm³/mol. The van der Waals surface area contributed by atoms with Gasteiger partial charge in [0, 0.05) is 13.3 Å². The van der Waals surface area contributed by atoms with Crippen LogP contribution in [0.15, 0.2) is 30.3 Å². The topological polar surface area (TPSA) is 69.7 Å². The summed E-state index contributed by atoms with van der Waals surface area (Å²) in [7, 11) is 0. The van der Waals surface area contributed by atoms with E-state index in [1.165, 1.54) is 0 Å². The fourth-order valence-electron chi connectivity index (χ4n) is 1.15. The number of carbonyl (C=O) groups is 3. The monoisotopic (exact) mass is 250 g/mol. The number of para-hydroxylation sites is 1. The van der Waals surface area contributed by atoms with Crippen LogP contribution in [-0.4, -0.2) is 24.3 Å². The highest BCUT2D eigenvalue weighted by Gasteiger charge is 2.09. The molecule has 0 amide bonds. The number of esters is 2. The third-order valence-corrected chi connectivity index (χ3v) is 2.02. The molecule has 0 N–H and O–H groups in total. The smallest absolute Gasteiger partial charge is 0.374 e. The second-order valence-corrected chi connectivity index (χ2v) is 3.58. The zero-order valence-corrected chi connectivity index (χ0v) is 10.0. The molecule has 1 aromatic carbocycles. The van der Waals surface area contributed by atoms with Crippen LogP contribution in [0.5, 0.6) is 5.75 Å². The summed E-state index contributed by atoms with van der Waals surface area (Å²) in [5.74, 6) is -1.46. The van der Waals surface area contributed by atoms with Crippen molar-refractivity contribution < 1.29 is 23.9 Å². The van der Waals surface area contributed by atoms with Gasteiger partial charge in [-0.3, -0.25) is 9.59 Å². The van der Waals surface area contributed by atoms with Crippen LogP contribution < -0.4 is 4.74 Å². The Kier molecular flexibility index (Phi) is 5.57. The predicted octanol–water partition coefficient (Wildman–Crippen LogP) is 1.50. The van der Waals surface area contributed by atoms with E-state index in [1.807, 2.05) is 6.07 Å². The van der Waals surface area contributed by atoms with Crippen LogP contribution >= 0.6 is 0 Å². The molecule has 0 radical (unpaired) electrons. The Bertz CT molecular complexity index is 424. The lowest BCUT2D eigenvalue weighted by molar-refractivity contribution is -0.153. The van der Waals surface area contributed by atoms with E-state index in [0.717, 1.165) is 6.92 Å². The molecule has 0 aliphatic heterocycles. The number of ketones is 1. The number of rotatable bonds is 6. The highest BCUT2D eigenvalue weighted by atomic mass is 16.5. The maximum Gasteiger partial charge on any atom is 0.374 e. The fourth-order valence-corrected chi connectivity index (χ4v) is 1.15. The molecule has 1 aromatic rings. The highest BCUT2D eigenvalue weighted by molar-refractivity contribution is 6.32. The van der Waals surface area contributed by atoms with Crippen molar-refractivity contribution in [2.24, 2.45) is 0 Å². The zero-order chi connectivity index (χ0) is 13.4. The first kappa shape index (κ1) is 13.9. The molecule has 18 heavy (non-hydrogen) atoms. The average molecular weight is 250 g/mol. The van der Waals surface area contributed by atoms with Crippen LogP contribution in [0.2, 0.25) is 0 Å². The Balaban J connectivity index is 2.18. The lowest BCUT2D eigenvalue weighted by Gasteiger charge is -2.04. The molecular weight excluding hydrogens is 236 g/mol. The Morgan fingerprint density at radius 1 is 1.11 bits per heavy atom. The molecule has 1 rings (SSSR count). The molecule has 5 nitrogen and oxygen atoms in total. The van der Waals surface area contributed by atoms with Gasteiger partial charge in [0.1, 0.15) is 5.75 Å². The van der Waals surface area contributed by atoms with E-state index in [-0.39, 0.29) is 13.0 Å². The molecule has 0 saturated heterocycles.